The Morgan fingerprint density at radius 2 is 2.07 bits per heavy atom. The van der Waals surface area contributed by atoms with Crippen LogP contribution in [0.2, 0.25) is 0 Å². The third-order valence-corrected chi connectivity index (χ3v) is 5.02. The van der Waals surface area contributed by atoms with Crippen molar-refractivity contribution >= 4 is 5.91 Å². The van der Waals surface area contributed by atoms with Crippen LogP contribution >= 0.6 is 0 Å². The monoisotopic (exact) mass is 385 g/mol. The van der Waals surface area contributed by atoms with Crippen molar-refractivity contribution in [1.29, 1.82) is 0 Å². The Hall–Kier alpha value is -3.00. The van der Waals surface area contributed by atoms with Crippen LogP contribution in [0.1, 0.15) is 27.6 Å². The molecule has 0 saturated carbocycles. The molecule has 0 unspecified atom stereocenters. The maximum Gasteiger partial charge on any atom is 0.268 e. The zero-order valence-electron chi connectivity index (χ0n) is 15.5. The molecule has 0 saturated heterocycles. The van der Waals surface area contributed by atoms with Gasteiger partial charge in [-0.05, 0) is 29.8 Å². The highest BCUT2D eigenvalue weighted by Gasteiger charge is 2.20. The third kappa shape index (κ3) is 3.68. The fourth-order valence-electron chi connectivity index (χ4n) is 3.50. The summed E-state index contributed by atoms with van der Waals surface area (Å²) in [6.07, 6.45) is 3.61. The number of hydrogen-bond donors (Lipinski definition) is 1. The van der Waals surface area contributed by atoms with E-state index in [4.69, 9.17) is 0 Å². The molecule has 1 aliphatic heterocycles. The van der Waals surface area contributed by atoms with E-state index < -0.39 is 11.6 Å². The van der Waals surface area contributed by atoms with Gasteiger partial charge in [-0.3, -0.25) is 9.69 Å². The number of fused-ring (bicyclic) bond motifs is 1. The van der Waals surface area contributed by atoms with Gasteiger partial charge in [0.2, 0.25) is 0 Å². The fourth-order valence-corrected chi connectivity index (χ4v) is 3.50. The summed E-state index contributed by atoms with van der Waals surface area (Å²) in [6.45, 7) is 3.05. The summed E-state index contributed by atoms with van der Waals surface area (Å²) in [5.74, 6) is -0.886. The molecule has 3 heterocycles. The predicted octanol–water partition coefficient (Wildman–Crippen LogP) is 2.45. The number of aromatic nitrogens is 3. The largest absolute Gasteiger partial charge is 0.347 e. The molecule has 1 aliphatic rings. The fraction of sp³-hybridized carbons (Fsp3) is 0.300. The molecule has 1 aromatic carbocycles. The molecule has 0 radical (unpaired) electrons. The molecule has 146 valence electrons. The first-order chi connectivity index (χ1) is 13.5. The van der Waals surface area contributed by atoms with Gasteiger partial charge in [-0.15, -0.1) is 0 Å². The topological polar surface area (TPSA) is 55.1 Å². The summed E-state index contributed by atoms with van der Waals surface area (Å²) < 4.78 is 30.4. The molecule has 8 heteroatoms. The van der Waals surface area contributed by atoms with E-state index in [0.717, 1.165) is 36.2 Å². The third-order valence-electron chi connectivity index (χ3n) is 5.02. The highest BCUT2D eigenvalue weighted by Crippen LogP contribution is 2.18. The van der Waals surface area contributed by atoms with Crippen molar-refractivity contribution in [1.82, 2.24) is 24.3 Å². The second-order valence-corrected chi connectivity index (χ2v) is 6.96. The van der Waals surface area contributed by atoms with Gasteiger partial charge < -0.3 is 14.5 Å². The van der Waals surface area contributed by atoms with Crippen molar-refractivity contribution in [3.63, 3.8) is 0 Å². The second-order valence-electron chi connectivity index (χ2n) is 6.96. The summed E-state index contributed by atoms with van der Waals surface area (Å²) in [6, 6.07) is 7.60. The van der Waals surface area contributed by atoms with Gasteiger partial charge in [-0.1, -0.05) is 6.07 Å². The van der Waals surface area contributed by atoms with Gasteiger partial charge in [0, 0.05) is 32.9 Å². The van der Waals surface area contributed by atoms with Crippen LogP contribution in [-0.4, -0.2) is 31.5 Å². The van der Waals surface area contributed by atoms with E-state index in [1.165, 1.54) is 6.07 Å². The van der Waals surface area contributed by atoms with E-state index in [2.05, 4.69) is 19.8 Å². The van der Waals surface area contributed by atoms with Crippen LogP contribution in [0.3, 0.4) is 0 Å². The van der Waals surface area contributed by atoms with Crippen molar-refractivity contribution in [2.75, 3.05) is 6.54 Å². The summed E-state index contributed by atoms with van der Waals surface area (Å²) in [5.41, 5.74) is 2.29. The Kier molecular flexibility index (Phi) is 4.95. The van der Waals surface area contributed by atoms with Gasteiger partial charge >= 0.3 is 0 Å². The molecule has 0 fully saturated rings. The zero-order valence-corrected chi connectivity index (χ0v) is 15.5. The zero-order chi connectivity index (χ0) is 19.7. The van der Waals surface area contributed by atoms with E-state index in [1.54, 1.807) is 22.9 Å². The molecule has 1 N–H and O–H groups in total. The number of hydrogen-bond acceptors (Lipinski definition) is 3. The lowest BCUT2D eigenvalue weighted by molar-refractivity contribution is 0.0941. The van der Waals surface area contributed by atoms with Crippen molar-refractivity contribution in [3.8, 4) is 0 Å². The highest BCUT2D eigenvalue weighted by atomic mass is 19.2. The van der Waals surface area contributed by atoms with Gasteiger partial charge in [0.05, 0.1) is 25.0 Å². The lowest BCUT2D eigenvalue weighted by Crippen LogP contribution is -2.35. The molecule has 0 aliphatic carbocycles. The molecule has 0 spiro atoms. The summed E-state index contributed by atoms with van der Waals surface area (Å²) in [7, 11) is 1.83. The normalized spacial score (nSPS) is 14.1. The maximum atomic E-state index is 13.4. The van der Waals surface area contributed by atoms with Crippen LogP contribution in [0.15, 0.2) is 42.7 Å². The SMILES string of the molecule is Cn1cccc1C(=O)NCc1cnc2n1CCN(Cc1ccc(F)c(F)c1)C2. The standard InChI is InChI=1S/C20H21F2N5O/c1-25-6-2-3-18(25)20(28)24-11-15-10-23-19-13-26(7-8-27(15)19)12-14-4-5-16(21)17(22)9-14/h2-6,9-10H,7-8,11-13H2,1H3,(H,24,28). The minimum atomic E-state index is -0.833. The molecule has 0 atom stereocenters. The van der Waals surface area contributed by atoms with Crippen LogP contribution in [0.5, 0.6) is 0 Å². The second kappa shape index (κ2) is 7.55. The van der Waals surface area contributed by atoms with Crippen molar-refractivity contribution in [2.45, 2.75) is 26.2 Å². The van der Waals surface area contributed by atoms with Crippen molar-refractivity contribution in [2.24, 2.45) is 7.05 Å². The number of rotatable bonds is 5. The average molecular weight is 385 g/mol. The van der Waals surface area contributed by atoms with Crippen molar-refractivity contribution in [3.05, 3.63) is 77.1 Å². The van der Waals surface area contributed by atoms with Crippen LogP contribution < -0.4 is 5.32 Å². The molecule has 2 aromatic heterocycles. The number of halogens is 2. The van der Waals surface area contributed by atoms with Gasteiger partial charge in [0.25, 0.3) is 5.91 Å². The summed E-state index contributed by atoms with van der Waals surface area (Å²) in [4.78, 5) is 18.9. The molecule has 1 amide bonds. The quantitative estimate of drug-likeness (QED) is 0.734. The molecular formula is C20H21F2N5O. The van der Waals surface area contributed by atoms with E-state index in [1.807, 2.05) is 19.3 Å². The minimum absolute atomic E-state index is 0.126. The Bertz CT molecular complexity index is 1010. The summed E-state index contributed by atoms with van der Waals surface area (Å²) in [5, 5.41) is 2.93. The number of aryl methyl sites for hydroxylation is 1. The lowest BCUT2D eigenvalue weighted by atomic mass is 10.2. The molecule has 6 nitrogen and oxygen atoms in total. The van der Waals surface area contributed by atoms with Gasteiger partial charge in [0.15, 0.2) is 11.6 Å². The lowest BCUT2D eigenvalue weighted by Gasteiger charge is -2.28. The number of nitrogens with zero attached hydrogens (tertiary/aromatic N) is 4. The van der Waals surface area contributed by atoms with E-state index in [9.17, 15) is 13.6 Å². The first kappa shape index (κ1) is 18.4. The van der Waals surface area contributed by atoms with E-state index in [0.29, 0.717) is 25.3 Å². The number of imidazole rings is 1. The summed E-state index contributed by atoms with van der Waals surface area (Å²) >= 11 is 0. The van der Waals surface area contributed by atoms with Crippen molar-refractivity contribution < 1.29 is 13.6 Å². The number of amides is 1. The molecule has 3 aromatic rings. The van der Waals surface area contributed by atoms with Crippen LogP contribution in [0, 0.1) is 11.6 Å². The van der Waals surface area contributed by atoms with E-state index >= 15 is 0 Å². The molecular weight excluding hydrogens is 364 g/mol. The number of nitrogens with one attached hydrogen (secondary N) is 1. The Morgan fingerprint density at radius 1 is 1.21 bits per heavy atom. The maximum absolute atomic E-state index is 13.4. The number of benzene rings is 1. The van der Waals surface area contributed by atoms with Gasteiger partial charge in [0.1, 0.15) is 11.5 Å². The minimum Gasteiger partial charge on any atom is -0.347 e. The van der Waals surface area contributed by atoms with Crippen LogP contribution in [-0.2, 0) is 33.2 Å². The number of carbonyl (C=O) groups is 1. The molecule has 0 bridgehead atoms. The predicted molar refractivity (Wildman–Crippen MR) is 99.3 cm³/mol. The van der Waals surface area contributed by atoms with Gasteiger partial charge in [-0.25, -0.2) is 13.8 Å². The first-order valence-electron chi connectivity index (χ1n) is 9.10. The molecule has 4 rings (SSSR count). The Labute approximate surface area is 161 Å². The Balaban J connectivity index is 1.38. The highest BCUT2D eigenvalue weighted by molar-refractivity contribution is 5.92. The van der Waals surface area contributed by atoms with Gasteiger partial charge in [-0.2, -0.15) is 0 Å². The Morgan fingerprint density at radius 3 is 2.82 bits per heavy atom. The van der Waals surface area contributed by atoms with Crippen LogP contribution in [0.25, 0.3) is 0 Å². The smallest absolute Gasteiger partial charge is 0.268 e. The van der Waals surface area contributed by atoms with E-state index in [-0.39, 0.29) is 5.91 Å². The first-order valence-corrected chi connectivity index (χ1v) is 9.10. The molecule has 28 heavy (non-hydrogen) atoms. The number of carbonyl (C=O) groups excluding carboxylic acids is 1. The van der Waals surface area contributed by atoms with Crippen LogP contribution in [0.4, 0.5) is 8.78 Å². The average Bonchev–Trinajstić information content (AvgIpc) is 3.28.